The largest absolute Gasteiger partial charge is 0.493 e. The number of aromatic nitrogens is 2. The van der Waals surface area contributed by atoms with Crippen LogP contribution in [0.1, 0.15) is 34.7 Å². The van der Waals surface area contributed by atoms with E-state index in [4.69, 9.17) is 10.5 Å². The Labute approximate surface area is 160 Å². The van der Waals surface area contributed by atoms with E-state index in [1.807, 2.05) is 6.07 Å². The van der Waals surface area contributed by atoms with Gasteiger partial charge in [-0.15, -0.1) is 11.3 Å². The Kier molecular flexibility index (Phi) is 5.56. The van der Waals surface area contributed by atoms with E-state index >= 15 is 0 Å². The lowest BCUT2D eigenvalue weighted by molar-refractivity contribution is 0.0994. The van der Waals surface area contributed by atoms with Gasteiger partial charge in [-0.25, -0.2) is 4.98 Å². The average Bonchev–Trinajstić information content (AvgIpc) is 3.29. The number of H-pyrrole nitrogens is 1. The van der Waals surface area contributed by atoms with Crippen LogP contribution in [-0.2, 0) is 0 Å². The molecule has 8 heteroatoms. The zero-order chi connectivity index (χ0) is 19.4. The Morgan fingerprint density at radius 1 is 1.33 bits per heavy atom. The van der Waals surface area contributed by atoms with Crippen LogP contribution in [-0.4, -0.2) is 28.4 Å². The predicted molar refractivity (Wildman–Crippen MR) is 105 cm³/mol. The van der Waals surface area contributed by atoms with E-state index in [-0.39, 0.29) is 5.91 Å². The van der Waals surface area contributed by atoms with Crippen LogP contribution in [0.5, 0.6) is 5.75 Å². The van der Waals surface area contributed by atoms with Crippen LogP contribution in [0.25, 0.3) is 11.3 Å². The Hall–Kier alpha value is -3.13. The van der Waals surface area contributed by atoms with Crippen LogP contribution >= 0.6 is 11.3 Å². The molecular formula is C19H20N4O3S. The maximum absolute atomic E-state index is 12.5. The summed E-state index contributed by atoms with van der Waals surface area (Å²) in [5, 5.41) is 5.04. The van der Waals surface area contributed by atoms with Crippen molar-refractivity contribution in [2.24, 2.45) is 11.7 Å². The highest BCUT2D eigenvalue weighted by Gasteiger charge is 2.13. The van der Waals surface area contributed by atoms with E-state index in [2.05, 4.69) is 29.1 Å². The van der Waals surface area contributed by atoms with Gasteiger partial charge in [0.15, 0.2) is 5.13 Å². The van der Waals surface area contributed by atoms with Crippen LogP contribution in [0, 0.1) is 5.92 Å². The molecule has 27 heavy (non-hydrogen) atoms. The smallest absolute Gasteiger partial charge is 0.265 e. The molecule has 0 aliphatic carbocycles. The first-order valence-electron chi connectivity index (χ1n) is 8.40. The molecule has 2 aromatic heterocycles. The van der Waals surface area contributed by atoms with Gasteiger partial charge < -0.3 is 15.5 Å². The van der Waals surface area contributed by atoms with Crippen LogP contribution in [0.15, 0.2) is 41.9 Å². The van der Waals surface area contributed by atoms with E-state index in [0.29, 0.717) is 40.4 Å². The molecule has 140 valence electrons. The van der Waals surface area contributed by atoms with Gasteiger partial charge in [-0.3, -0.25) is 14.9 Å². The molecule has 0 saturated carbocycles. The monoisotopic (exact) mass is 384 g/mol. The third-order valence-corrected chi connectivity index (χ3v) is 4.41. The first-order valence-corrected chi connectivity index (χ1v) is 9.28. The average molecular weight is 384 g/mol. The van der Waals surface area contributed by atoms with Gasteiger partial charge in [0.2, 0.25) is 0 Å². The van der Waals surface area contributed by atoms with Crippen molar-refractivity contribution in [3.63, 3.8) is 0 Å². The summed E-state index contributed by atoms with van der Waals surface area (Å²) in [6.45, 7) is 4.71. The molecule has 0 atom stereocenters. The normalized spacial score (nSPS) is 10.8. The summed E-state index contributed by atoms with van der Waals surface area (Å²) in [7, 11) is 0. The zero-order valence-electron chi connectivity index (χ0n) is 15.0. The standard InChI is InChI=1S/C19H20N4O3S/c1-11(2)9-26-14-5-3-4-12(6-14)18(25)23-19-22-16(10-27-19)13-7-15(17(20)24)21-8-13/h3-8,10-11,21H,9H2,1-2H3,(H2,20,24)(H,22,23,25). The summed E-state index contributed by atoms with van der Waals surface area (Å²) in [6.07, 6.45) is 1.65. The van der Waals surface area contributed by atoms with E-state index < -0.39 is 5.91 Å². The zero-order valence-corrected chi connectivity index (χ0v) is 15.8. The third-order valence-electron chi connectivity index (χ3n) is 3.65. The number of nitrogens with two attached hydrogens (primary N) is 1. The van der Waals surface area contributed by atoms with Gasteiger partial charge in [-0.05, 0) is 30.2 Å². The molecule has 0 spiro atoms. The third kappa shape index (κ3) is 4.73. The molecule has 2 amide bonds. The molecule has 2 heterocycles. The van der Waals surface area contributed by atoms with E-state index in [0.717, 1.165) is 5.56 Å². The summed E-state index contributed by atoms with van der Waals surface area (Å²) < 4.78 is 5.66. The van der Waals surface area contributed by atoms with Crippen molar-refractivity contribution < 1.29 is 14.3 Å². The minimum absolute atomic E-state index is 0.266. The van der Waals surface area contributed by atoms with Gasteiger partial charge >= 0.3 is 0 Å². The Balaban J connectivity index is 1.68. The second kappa shape index (κ2) is 8.05. The molecule has 7 nitrogen and oxygen atoms in total. The molecule has 0 fully saturated rings. The van der Waals surface area contributed by atoms with Crippen molar-refractivity contribution in [2.45, 2.75) is 13.8 Å². The Morgan fingerprint density at radius 3 is 2.85 bits per heavy atom. The number of thiazole rings is 1. The number of hydrogen-bond acceptors (Lipinski definition) is 5. The number of hydrogen-bond donors (Lipinski definition) is 3. The summed E-state index contributed by atoms with van der Waals surface area (Å²) >= 11 is 1.30. The molecule has 0 aliphatic rings. The summed E-state index contributed by atoms with van der Waals surface area (Å²) in [6, 6.07) is 8.65. The van der Waals surface area contributed by atoms with Crippen molar-refractivity contribution in [1.82, 2.24) is 9.97 Å². The lowest BCUT2D eigenvalue weighted by Crippen LogP contribution is -2.12. The second-order valence-electron chi connectivity index (χ2n) is 6.39. The molecule has 0 unspecified atom stereocenters. The minimum atomic E-state index is -0.537. The highest BCUT2D eigenvalue weighted by atomic mass is 32.1. The van der Waals surface area contributed by atoms with Crippen molar-refractivity contribution in [1.29, 1.82) is 0 Å². The molecule has 3 rings (SSSR count). The molecule has 1 aromatic carbocycles. The first-order chi connectivity index (χ1) is 12.9. The number of carbonyl (C=O) groups is 2. The number of nitrogens with zero attached hydrogens (tertiary/aromatic N) is 1. The fourth-order valence-electron chi connectivity index (χ4n) is 2.31. The summed E-state index contributed by atoms with van der Waals surface area (Å²) in [5.41, 5.74) is 7.41. The second-order valence-corrected chi connectivity index (χ2v) is 7.25. The lowest BCUT2D eigenvalue weighted by atomic mass is 10.2. The number of ether oxygens (including phenoxy) is 1. The summed E-state index contributed by atoms with van der Waals surface area (Å²) in [4.78, 5) is 30.8. The van der Waals surface area contributed by atoms with Gasteiger partial charge in [0, 0.05) is 22.7 Å². The maximum Gasteiger partial charge on any atom is 0.265 e. The molecule has 3 aromatic rings. The topological polar surface area (TPSA) is 110 Å². The van der Waals surface area contributed by atoms with Crippen LogP contribution in [0.2, 0.25) is 0 Å². The van der Waals surface area contributed by atoms with Crippen molar-refractivity contribution in [3.8, 4) is 17.0 Å². The number of rotatable bonds is 7. The van der Waals surface area contributed by atoms with Gasteiger partial charge in [0.25, 0.3) is 11.8 Å². The SMILES string of the molecule is CC(C)COc1cccc(C(=O)Nc2nc(-c3c[nH]c(C(N)=O)c3)cs2)c1. The van der Waals surface area contributed by atoms with Crippen molar-refractivity contribution in [3.05, 3.63) is 53.2 Å². The minimum Gasteiger partial charge on any atom is -0.493 e. The number of anilines is 1. The molecule has 0 saturated heterocycles. The number of amides is 2. The van der Waals surface area contributed by atoms with Gasteiger partial charge in [0.1, 0.15) is 11.4 Å². The fraction of sp³-hybridized carbons (Fsp3) is 0.211. The highest BCUT2D eigenvalue weighted by Crippen LogP contribution is 2.26. The van der Waals surface area contributed by atoms with Gasteiger partial charge in [-0.1, -0.05) is 19.9 Å². The quantitative estimate of drug-likeness (QED) is 0.579. The molecule has 0 aliphatic heterocycles. The Bertz CT molecular complexity index is 961. The highest BCUT2D eigenvalue weighted by molar-refractivity contribution is 7.14. The first kappa shape index (κ1) is 18.7. The number of benzene rings is 1. The number of carbonyl (C=O) groups excluding carboxylic acids is 2. The van der Waals surface area contributed by atoms with E-state index in [9.17, 15) is 9.59 Å². The molecule has 4 N–H and O–H groups in total. The van der Waals surface area contributed by atoms with E-state index in [1.165, 1.54) is 11.3 Å². The number of nitrogens with one attached hydrogen (secondary N) is 2. The van der Waals surface area contributed by atoms with Crippen molar-refractivity contribution in [2.75, 3.05) is 11.9 Å². The maximum atomic E-state index is 12.5. The number of primary amides is 1. The van der Waals surface area contributed by atoms with Crippen LogP contribution in [0.4, 0.5) is 5.13 Å². The predicted octanol–water partition coefficient (Wildman–Crippen LogP) is 3.52. The van der Waals surface area contributed by atoms with Crippen LogP contribution < -0.4 is 15.8 Å². The van der Waals surface area contributed by atoms with Gasteiger partial charge in [0.05, 0.1) is 12.3 Å². The van der Waals surface area contributed by atoms with Crippen molar-refractivity contribution >= 4 is 28.3 Å². The van der Waals surface area contributed by atoms with Crippen LogP contribution in [0.3, 0.4) is 0 Å². The fourth-order valence-corrected chi connectivity index (χ4v) is 3.02. The van der Waals surface area contributed by atoms with Gasteiger partial charge in [-0.2, -0.15) is 0 Å². The molecule has 0 bridgehead atoms. The summed E-state index contributed by atoms with van der Waals surface area (Å²) in [5.74, 6) is 0.254. The molecular weight excluding hydrogens is 364 g/mol. The molecule has 0 radical (unpaired) electrons. The lowest BCUT2D eigenvalue weighted by Gasteiger charge is -2.09. The number of aromatic amines is 1. The van der Waals surface area contributed by atoms with E-state index in [1.54, 1.807) is 35.8 Å². The Morgan fingerprint density at radius 2 is 2.15 bits per heavy atom.